The zero-order valence-corrected chi connectivity index (χ0v) is 28.4. The number of fused-ring (bicyclic) bond motifs is 1. The molecule has 0 aliphatic rings. The Morgan fingerprint density at radius 1 is 1.02 bits per heavy atom. The van der Waals surface area contributed by atoms with Crippen LogP contribution in [0.1, 0.15) is 24.1 Å². The number of alkyl carbamates (subject to hydrolysis) is 1. The highest BCUT2D eigenvalue weighted by Gasteiger charge is 2.24. The number of carboxylic acid groups (broad SMARTS) is 1. The number of ether oxygens (including phenoxy) is 3. The van der Waals surface area contributed by atoms with E-state index in [9.17, 15) is 42.3 Å². The molecule has 2 aromatic heterocycles. The number of hydrogen-bond acceptors (Lipinski definition) is 8. The van der Waals surface area contributed by atoms with Crippen molar-refractivity contribution in [1.29, 1.82) is 0 Å². The first-order chi connectivity index (χ1) is 24.8. The second-order valence-corrected chi connectivity index (χ2v) is 11.5. The van der Waals surface area contributed by atoms with Crippen LogP contribution in [0.15, 0.2) is 71.7 Å². The third-order valence-corrected chi connectivity index (χ3v) is 7.55. The van der Waals surface area contributed by atoms with Crippen molar-refractivity contribution in [3.05, 3.63) is 106 Å². The van der Waals surface area contributed by atoms with E-state index in [1.807, 2.05) is 0 Å². The molecule has 14 nitrogen and oxygen atoms in total. The fourth-order valence-corrected chi connectivity index (χ4v) is 4.99. The van der Waals surface area contributed by atoms with Crippen molar-refractivity contribution in [1.82, 2.24) is 19.4 Å². The van der Waals surface area contributed by atoms with Crippen LogP contribution in [0.25, 0.3) is 10.9 Å². The van der Waals surface area contributed by atoms with Gasteiger partial charge in [0.15, 0.2) is 0 Å². The molecule has 4 rings (SSSR count). The second-order valence-electron chi connectivity index (χ2n) is 11.5. The average Bonchev–Trinajstić information content (AvgIpc) is 3.45. The van der Waals surface area contributed by atoms with Gasteiger partial charge in [-0.15, -0.1) is 0 Å². The summed E-state index contributed by atoms with van der Waals surface area (Å²) in [6, 6.07) is 7.64. The molecule has 0 fully saturated rings. The van der Waals surface area contributed by atoms with Crippen LogP contribution in [0.2, 0.25) is 0 Å². The topological polar surface area (TPSA) is 170 Å². The Hall–Kier alpha value is -6.10. The molecule has 52 heavy (non-hydrogen) atoms. The van der Waals surface area contributed by atoms with E-state index in [1.54, 1.807) is 14.1 Å². The van der Waals surface area contributed by atoms with E-state index in [0.29, 0.717) is 6.07 Å². The van der Waals surface area contributed by atoms with E-state index in [-0.39, 0.29) is 72.1 Å². The van der Waals surface area contributed by atoms with E-state index < -0.39 is 53.8 Å². The van der Waals surface area contributed by atoms with E-state index in [1.165, 1.54) is 48.6 Å². The summed E-state index contributed by atoms with van der Waals surface area (Å²) < 4.78 is 59.6. The van der Waals surface area contributed by atoms with Gasteiger partial charge >= 0.3 is 12.2 Å². The quantitative estimate of drug-likeness (QED) is 0.118. The Morgan fingerprint density at radius 2 is 1.79 bits per heavy atom. The van der Waals surface area contributed by atoms with Gasteiger partial charge in [0, 0.05) is 50.5 Å². The number of methoxy groups -OCH3 is 1. The minimum atomic E-state index is -1.50. The number of rotatable bonds is 15. The number of amides is 3. The number of aromatic nitrogens is 2. The van der Waals surface area contributed by atoms with Crippen LogP contribution in [0, 0.1) is 17.5 Å². The third-order valence-electron chi connectivity index (χ3n) is 7.55. The maximum absolute atomic E-state index is 14.6. The van der Waals surface area contributed by atoms with E-state index in [4.69, 9.17) is 14.2 Å². The number of carbonyl (C=O) groups excluding carboxylic acids is 3. The Bertz CT molecular complexity index is 2040. The van der Waals surface area contributed by atoms with Gasteiger partial charge in [0.05, 0.1) is 18.8 Å². The molecule has 0 radical (unpaired) electrons. The van der Waals surface area contributed by atoms with Crippen LogP contribution in [0.4, 0.5) is 28.4 Å². The molecule has 0 bridgehead atoms. The van der Waals surface area contributed by atoms with Crippen LogP contribution in [0.3, 0.4) is 0 Å². The van der Waals surface area contributed by atoms with Crippen molar-refractivity contribution < 1.29 is 51.7 Å². The first-order valence-corrected chi connectivity index (χ1v) is 15.7. The Kier molecular flexibility index (Phi) is 13.2. The van der Waals surface area contributed by atoms with Gasteiger partial charge in [0.25, 0.3) is 5.56 Å². The largest absolute Gasteiger partial charge is 0.486 e. The summed E-state index contributed by atoms with van der Waals surface area (Å²) in [5, 5.41) is 15.2. The highest BCUT2D eigenvalue weighted by molar-refractivity contribution is 5.96. The average molecular weight is 728 g/mol. The lowest BCUT2D eigenvalue weighted by Gasteiger charge is -2.18. The number of nitrogens with one attached hydrogen (secondary N) is 2. The van der Waals surface area contributed by atoms with Gasteiger partial charge in [0.2, 0.25) is 11.8 Å². The monoisotopic (exact) mass is 727 g/mol. The fraction of sp³-hybridized carbons (Fsp3) is 0.286. The van der Waals surface area contributed by atoms with Crippen molar-refractivity contribution >= 4 is 40.6 Å². The smallest absolute Gasteiger partial charge is 0.416 e. The highest BCUT2D eigenvalue weighted by Crippen LogP contribution is 2.32. The molecule has 0 spiro atoms. The lowest BCUT2D eigenvalue weighted by Crippen LogP contribution is -2.45. The number of anilines is 1. The molecule has 17 heteroatoms. The molecule has 0 saturated heterocycles. The number of carbonyl (C=O) groups is 4. The van der Waals surface area contributed by atoms with Crippen LogP contribution in [-0.2, 0) is 32.2 Å². The lowest BCUT2D eigenvalue weighted by molar-refractivity contribution is -0.123. The van der Waals surface area contributed by atoms with E-state index in [2.05, 4.69) is 10.6 Å². The maximum atomic E-state index is 14.6. The Morgan fingerprint density at radius 3 is 2.48 bits per heavy atom. The Balaban J connectivity index is 1.59. The second kappa shape index (κ2) is 17.7. The predicted molar refractivity (Wildman–Crippen MR) is 182 cm³/mol. The summed E-state index contributed by atoms with van der Waals surface area (Å²) in [4.78, 5) is 65.0. The van der Waals surface area contributed by atoms with Gasteiger partial charge in [-0.3, -0.25) is 14.4 Å². The summed E-state index contributed by atoms with van der Waals surface area (Å²) in [5.41, 5.74) is -1.09. The molecule has 0 aliphatic heterocycles. The fourth-order valence-electron chi connectivity index (χ4n) is 4.99. The van der Waals surface area contributed by atoms with Crippen LogP contribution < -0.4 is 20.9 Å². The molecule has 276 valence electrons. The summed E-state index contributed by atoms with van der Waals surface area (Å²) in [5.74, 6) is -3.82. The standard InChI is InChI=1S/C35H36F3N5O9/c1-41(2)30(44)9-5-4-7-27(40-34(47)51-14-13-50-3)32(45)39-28-8-6-12-42(33(28)46)19-25-16-22-15-24(37)18-29(31(22)43(25)35(48)49)52-20-21-10-11-23(36)17-26(21)38/h5-6,8-12,15-18,27H,4,7,13-14,19-20H2,1-3H3,(H,39,45)(H,40,47)(H,48,49)/b9-5+/t27-/m0/s1. The Labute approximate surface area is 295 Å². The molecule has 1 atom stereocenters. The van der Waals surface area contributed by atoms with Gasteiger partial charge in [-0.2, -0.15) is 0 Å². The molecule has 2 heterocycles. The van der Waals surface area contributed by atoms with Gasteiger partial charge in [-0.1, -0.05) is 6.08 Å². The van der Waals surface area contributed by atoms with Gasteiger partial charge in [-0.25, -0.2) is 27.3 Å². The van der Waals surface area contributed by atoms with Crippen molar-refractivity contribution in [3.63, 3.8) is 0 Å². The van der Waals surface area contributed by atoms with Crippen molar-refractivity contribution in [2.45, 2.75) is 32.0 Å². The molecule has 3 amide bonds. The number of likely N-dealkylation sites (N-methyl/N-ethyl adjacent to an activating group) is 1. The molecule has 0 aliphatic carbocycles. The normalized spacial score (nSPS) is 11.7. The summed E-state index contributed by atoms with van der Waals surface area (Å²) >= 11 is 0. The summed E-state index contributed by atoms with van der Waals surface area (Å²) in [6.07, 6.45) is 1.98. The van der Waals surface area contributed by atoms with Crippen molar-refractivity contribution in [3.8, 4) is 5.75 Å². The lowest BCUT2D eigenvalue weighted by atomic mass is 10.1. The molecular weight excluding hydrogens is 691 g/mol. The van der Waals surface area contributed by atoms with Crippen molar-refractivity contribution in [2.24, 2.45) is 0 Å². The predicted octanol–water partition coefficient (Wildman–Crippen LogP) is 4.48. The van der Waals surface area contributed by atoms with Crippen LogP contribution in [-0.4, -0.2) is 83.6 Å². The van der Waals surface area contributed by atoms with E-state index >= 15 is 0 Å². The maximum Gasteiger partial charge on any atom is 0.416 e. The first kappa shape index (κ1) is 38.7. The number of benzene rings is 2. The van der Waals surface area contributed by atoms with Gasteiger partial charge < -0.3 is 39.4 Å². The number of halogens is 3. The number of allylic oxidation sites excluding steroid dienone is 1. The SMILES string of the molecule is COCCOC(=O)N[C@@H](CC/C=C/C(=O)N(C)C)C(=O)Nc1cccn(Cc2cc3cc(F)cc(OCc4ccc(F)cc4F)c3n2C(=O)O)c1=O. The zero-order valence-electron chi connectivity index (χ0n) is 28.4. The highest BCUT2D eigenvalue weighted by atomic mass is 19.1. The van der Waals surface area contributed by atoms with Gasteiger partial charge in [0.1, 0.15) is 53.7 Å². The van der Waals surface area contributed by atoms with Crippen LogP contribution in [0.5, 0.6) is 5.75 Å². The van der Waals surface area contributed by atoms with Crippen molar-refractivity contribution in [2.75, 3.05) is 39.7 Å². The number of nitrogens with zero attached hydrogens (tertiary/aromatic N) is 3. The minimum Gasteiger partial charge on any atom is -0.486 e. The minimum absolute atomic E-state index is 0.00824. The molecule has 4 aromatic rings. The molecule has 2 aromatic carbocycles. The summed E-state index contributed by atoms with van der Waals surface area (Å²) in [6.45, 7) is -0.812. The molecule has 3 N–H and O–H groups in total. The number of pyridine rings is 1. The molecule has 0 unspecified atom stereocenters. The summed E-state index contributed by atoms with van der Waals surface area (Å²) in [7, 11) is 4.56. The van der Waals surface area contributed by atoms with Crippen LogP contribution >= 0.6 is 0 Å². The molecular formula is C35H36F3N5O9. The molecule has 0 saturated carbocycles. The van der Waals surface area contributed by atoms with E-state index in [0.717, 1.165) is 33.4 Å². The number of hydrogen-bond donors (Lipinski definition) is 3. The third kappa shape index (κ3) is 10.00. The first-order valence-electron chi connectivity index (χ1n) is 15.7. The van der Waals surface area contributed by atoms with Gasteiger partial charge in [-0.05, 0) is 55.3 Å². The zero-order chi connectivity index (χ0) is 37.9.